The van der Waals surface area contributed by atoms with Crippen LogP contribution in [0.25, 0.3) is 0 Å². The molecule has 0 aromatic carbocycles. The standard InChI is InChI=1S/C11H18Cl2N2/c1-2-3-6-11-14-10(13)9-15(11)8-5-4-7-12/h9H,2-8H2,1H3. The van der Waals surface area contributed by atoms with Gasteiger partial charge in [-0.1, -0.05) is 24.9 Å². The Labute approximate surface area is 102 Å². The Hall–Kier alpha value is -0.210. The van der Waals surface area contributed by atoms with Gasteiger partial charge in [0.2, 0.25) is 0 Å². The largest absolute Gasteiger partial charge is 0.333 e. The van der Waals surface area contributed by atoms with Crippen molar-refractivity contribution in [1.82, 2.24) is 9.55 Å². The molecule has 0 atom stereocenters. The van der Waals surface area contributed by atoms with Crippen molar-refractivity contribution >= 4 is 23.2 Å². The number of unbranched alkanes of at least 4 members (excludes halogenated alkanes) is 2. The van der Waals surface area contributed by atoms with Gasteiger partial charge in [0.05, 0.1) is 0 Å². The quantitative estimate of drug-likeness (QED) is 0.529. The molecule has 1 aromatic rings. The van der Waals surface area contributed by atoms with Gasteiger partial charge in [-0.3, -0.25) is 0 Å². The molecular formula is C11H18Cl2N2. The van der Waals surface area contributed by atoms with Gasteiger partial charge in [-0.25, -0.2) is 4.98 Å². The minimum atomic E-state index is 0.604. The first-order chi connectivity index (χ1) is 7.27. The van der Waals surface area contributed by atoms with Crippen LogP contribution in [-0.4, -0.2) is 15.4 Å². The van der Waals surface area contributed by atoms with Gasteiger partial charge < -0.3 is 4.57 Å². The lowest BCUT2D eigenvalue weighted by molar-refractivity contribution is 0.592. The smallest absolute Gasteiger partial charge is 0.147 e. The summed E-state index contributed by atoms with van der Waals surface area (Å²) < 4.78 is 2.16. The van der Waals surface area contributed by atoms with Gasteiger partial charge in [0.25, 0.3) is 0 Å². The van der Waals surface area contributed by atoms with Crippen LogP contribution < -0.4 is 0 Å². The molecule has 0 saturated heterocycles. The van der Waals surface area contributed by atoms with Gasteiger partial charge in [0, 0.05) is 25.0 Å². The van der Waals surface area contributed by atoms with Crippen molar-refractivity contribution in [3.63, 3.8) is 0 Å². The maximum atomic E-state index is 5.90. The van der Waals surface area contributed by atoms with Gasteiger partial charge in [0.1, 0.15) is 11.0 Å². The van der Waals surface area contributed by atoms with E-state index in [0.717, 1.165) is 37.5 Å². The van der Waals surface area contributed by atoms with E-state index < -0.39 is 0 Å². The van der Waals surface area contributed by atoms with Crippen LogP contribution in [0.3, 0.4) is 0 Å². The van der Waals surface area contributed by atoms with E-state index >= 15 is 0 Å². The highest BCUT2D eigenvalue weighted by molar-refractivity contribution is 6.29. The van der Waals surface area contributed by atoms with Crippen molar-refractivity contribution in [2.45, 2.75) is 45.6 Å². The third-order valence-corrected chi connectivity index (χ3v) is 2.82. The summed E-state index contributed by atoms with van der Waals surface area (Å²) in [7, 11) is 0. The summed E-state index contributed by atoms with van der Waals surface area (Å²) >= 11 is 11.5. The SMILES string of the molecule is CCCCc1nc(Cl)cn1CCCCCl. The van der Waals surface area contributed by atoms with Gasteiger partial charge >= 0.3 is 0 Å². The Morgan fingerprint density at radius 1 is 1.33 bits per heavy atom. The highest BCUT2D eigenvalue weighted by Crippen LogP contribution is 2.12. The van der Waals surface area contributed by atoms with E-state index in [-0.39, 0.29) is 0 Å². The van der Waals surface area contributed by atoms with Crippen LogP contribution in [-0.2, 0) is 13.0 Å². The van der Waals surface area contributed by atoms with Crippen molar-refractivity contribution in [3.05, 3.63) is 17.2 Å². The molecule has 15 heavy (non-hydrogen) atoms. The molecule has 86 valence electrons. The molecule has 1 aromatic heterocycles. The molecule has 1 heterocycles. The van der Waals surface area contributed by atoms with Crippen molar-refractivity contribution in [1.29, 1.82) is 0 Å². The van der Waals surface area contributed by atoms with Gasteiger partial charge in [0.15, 0.2) is 0 Å². The van der Waals surface area contributed by atoms with Crippen LogP contribution in [0.15, 0.2) is 6.20 Å². The van der Waals surface area contributed by atoms with E-state index in [9.17, 15) is 0 Å². The molecule has 0 radical (unpaired) electrons. The normalized spacial score (nSPS) is 10.9. The van der Waals surface area contributed by atoms with E-state index in [1.54, 1.807) is 0 Å². The lowest BCUT2D eigenvalue weighted by atomic mass is 10.2. The van der Waals surface area contributed by atoms with Crippen LogP contribution in [0.5, 0.6) is 0 Å². The number of alkyl halides is 1. The highest BCUT2D eigenvalue weighted by Gasteiger charge is 2.05. The predicted octanol–water partition coefficient (Wildman–Crippen LogP) is 3.90. The summed E-state index contributed by atoms with van der Waals surface area (Å²) in [4.78, 5) is 4.32. The Balaban J connectivity index is 2.51. The molecule has 0 N–H and O–H groups in total. The maximum absolute atomic E-state index is 5.90. The fraction of sp³-hybridized carbons (Fsp3) is 0.727. The molecular weight excluding hydrogens is 231 g/mol. The van der Waals surface area contributed by atoms with Crippen molar-refractivity contribution < 1.29 is 0 Å². The molecule has 0 amide bonds. The fourth-order valence-electron chi connectivity index (χ4n) is 1.52. The monoisotopic (exact) mass is 248 g/mol. The Kier molecular flexibility index (Phi) is 6.11. The van der Waals surface area contributed by atoms with Crippen molar-refractivity contribution in [2.75, 3.05) is 5.88 Å². The average molecular weight is 249 g/mol. The summed E-state index contributed by atoms with van der Waals surface area (Å²) in [5, 5.41) is 0.604. The summed E-state index contributed by atoms with van der Waals surface area (Å²) in [5.74, 6) is 1.84. The van der Waals surface area contributed by atoms with Crippen LogP contribution in [0.1, 0.15) is 38.4 Å². The molecule has 0 fully saturated rings. The number of aryl methyl sites for hydroxylation is 2. The summed E-state index contributed by atoms with van der Waals surface area (Å²) in [6.45, 7) is 3.16. The Bertz CT molecular complexity index is 284. The molecule has 0 saturated carbocycles. The van der Waals surface area contributed by atoms with Crippen molar-refractivity contribution in [2.24, 2.45) is 0 Å². The second-order valence-corrected chi connectivity index (χ2v) is 4.44. The van der Waals surface area contributed by atoms with E-state index in [2.05, 4.69) is 16.5 Å². The minimum Gasteiger partial charge on any atom is -0.333 e. The molecule has 0 unspecified atom stereocenters. The van der Waals surface area contributed by atoms with E-state index in [1.165, 1.54) is 12.8 Å². The number of imidazole rings is 1. The second kappa shape index (κ2) is 7.13. The zero-order chi connectivity index (χ0) is 11.1. The van der Waals surface area contributed by atoms with Crippen LogP contribution in [0.2, 0.25) is 5.15 Å². The molecule has 0 aliphatic heterocycles. The topological polar surface area (TPSA) is 17.8 Å². The zero-order valence-electron chi connectivity index (χ0n) is 9.18. The van der Waals surface area contributed by atoms with E-state index in [4.69, 9.17) is 23.2 Å². The molecule has 4 heteroatoms. The molecule has 0 aliphatic carbocycles. The third-order valence-electron chi connectivity index (χ3n) is 2.37. The number of nitrogens with zero attached hydrogens (tertiary/aromatic N) is 2. The number of hydrogen-bond acceptors (Lipinski definition) is 1. The second-order valence-electron chi connectivity index (χ2n) is 3.67. The summed E-state index contributed by atoms with van der Waals surface area (Å²) in [6.07, 6.45) is 7.43. The predicted molar refractivity (Wildman–Crippen MR) is 65.8 cm³/mol. The first kappa shape index (κ1) is 12.9. The third kappa shape index (κ3) is 4.43. The average Bonchev–Trinajstić information content (AvgIpc) is 2.56. The molecule has 1 rings (SSSR count). The number of hydrogen-bond donors (Lipinski definition) is 0. The first-order valence-electron chi connectivity index (χ1n) is 5.55. The Morgan fingerprint density at radius 2 is 2.13 bits per heavy atom. The first-order valence-corrected chi connectivity index (χ1v) is 6.46. The number of rotatable bonds is 7. The summed E-state index contributed by atoms with van der Waals surface area (Å²) in [6, 6.07) is 0. The van der Waals surface area contributed by atoms with Gasteiger partial charge in [-0.05, 0) is 19.3 Å². The fourth-order valence-corrected chi connectivity index (χ4v) is 1.93. The van der Waals surface area contributed by atoms with E-state index in [1.807, 2.05) is 6.20 Å². The summed E-state index contributed by atoms with van der Waals surface area (Å²) in [5.41, 5.74) is 0. The Morgan fingerprint density at radius 3 is 2.80 bits per heavy atom. The lowest BCUT2D eigenvalue weighted by Crippen LogP contribution is -2.03. The van der Waals surface area contributed by atoms with Crippen LogP contribution in [0, 0.1) is 0 Å². The van der Waals surface area contributed by atoms with Crippen LogP contribution in [0.4, 0.5) is 0 Å². The van der Waals surface area contributed by atoms with Gasteiger partial charge in [-0.2, -0.15) is 0 Å². The molecule has 2 nitrogen and oxygen atoms in total. The molecule has 0 spiro atoms. The minimum absolute atomic E-state index is 0.604. The van der Waals surface area contributed by atoms with Gasteiger partial charge in [-0.15, -0.1) is 11.6 Å². The van der Waals surface area contributed by atoms with E-state index in [0.29, 0.717) is 5.15 Å². The molecule has 0 bridgehead atoms. The zero-order valence-corrected chi connectivity index (χ0v) is 10.7. The molecule has 0 aliphatic rings. The number of aromatic nitrogens is 2. The highest BCUT2D eigenvalue weighted by atomic mass is 35.5. The number of halogens is 2. The lowest BCUT2D eigenvalue weighted by Gasteiger charge is -2.05. The maximum Gasteiger partial charge on any atom is 0.147 e. The van der Waals surface area contributed by atoms with Crippen LogP contribution >= 0.6 is 23.2 Å². The van der Waals surface area contributed by atoms with Crippen molar-refractivity contribution in [3.8, 4) is 0 Å².